The number of nitrogen functional groups attached to an aromatic ring is 1. The van der Waals surface area contributed by atoms with Crippen molar-refractivity contribution < 1.29 is 4.79 Å². The smallest absolute Gasteiger partial charge is 0.258 e. The topological polar surface area (TPSA) is 46.3 Å². The van der Waals surface area contributed by atoms with Gasteiger partial charge in [0, 0.05) is 24.0 Å². The van der Waals surface area contributed by atoms with Crippen LogP contribution in [-0.2, 0) is 0 Å². The van der Waals surface area contributed by atoms with Crippen molar-refractivity contribution in [3.8, 4) is 0 Å². The lowest BCUT2D eigenvalue weighted by Crippen LogP contribution is -2.27. The van der Waals surface area contributed by atoms with E-state index < -0.39 is 0 Å². The third-order valence-electron chi connectivity index (χ3n) is 3.54. The Morgan fingerprint density at radius 3 is 2.30 bits per heavy atom. The van der Waals surface area contributed by atoms with Crippen molar-refractivity contribution in [2.45, 2.75) is 20.8 Å². The molecule has 0 heterocycles. The maximum Gasteiger partial charge on any atom is 0.258 e. The van der Waals surface area contributed by atoms with E-state index in [4.69, 9.17) is 5.73 Å². The van der Waals surface area contributed by atoms with Crippen molar-refractivity contribution in [2.24, 2.45) is 0 Å². The van der Waals surface area contributed by atoms with Crippen LogP contribution in [0.3, 0.4) is 0 Å². The maximum absolute atomic E-state index is 12.5. The van der Waals surface area contributed by atoms with Gasteiger partial charge in [-0.05, 0) is 50.1 Å². The monoisotopic (exact) mass is 268 g/mol. The van der Waals surface area contributed by atoms with Gasteiger partial charge in [0.2, 0.25) is 0 Å². The number of anilines is 2. The predicted molar refractivity (Wildman–Crippen MR) is 84.2 cm³/mol. The molecule has 0 bridgehead atoms. The summed E-state index contributed by atoms with van der Waals surface area (Å²) in [6, 6.07) is 11.5. The number of aryl methyl sites for hydroxylation is 3. The lowest BCUT2D eigenvalue weighted by Gasteiger charge is -2.20. The normalized spacial score (nSPS) is 10.4. The second kappa shape index (κ2) is 5.37. The number of nitrogens with two attached hydrogens (primary N) is 1. The second-order valence-corrected chi connectivity index (χ2v) is 5.23. The van der Waals surface area contributed by atoms with E-state index in [0.717, 1.165) is 16.8 Å². The highest BCUT2D eigenvalue weighted by Crippen LogP contribution is 2.22. The molecule has 0 aliphatic rings. The molecule has 0 fully saturated rings. The van der Waals surface area contributed by atoms with Gasteiger partial charge in [0.15, 0.2) is 0 Å². The molecule has 20 heavy (non-hydrogen) atoms. The largest absolute Gasteiger partial charge is 0.398 e. The summed E-state index contributed by atoms with van der Waals surface area (Å²) in [6.45, 7) is 5.98. The van der Waals surface area contributed by atoms with E-state index in [1.54, 1.807) is 18.0 Å². The Balaban J connectivity index is 2.34. The summed E-state index contributed by atoms with van der Waals surface area (Å²) >= 11 is 0. The first-order chi connectivity index (χ1) is 9.40. The van der Waals surface area contributed by atoms with Crippen LogP contribution in [0.2, 0.25) is 0 Å². The standard InChI is InChI=1S/C17H20N2O/c1-11-5-8-16(13(3)9-11)19(4)17(20)14-7-6-12(2)15(18)10-14/h5-10H,18H2,1-4H3. The Morgan fingerprint density at radius 1 is 1.00 bits per heavy atom. The number of carbonyl (C=O) groups excluding carboxylic acids is 1. The molecule has 0 saturated carbocycles. The van der Waals surface area contributed by atoms with Crippen LogP contribution in [-0.4, -0.2) is 13.0 Å². The fraction of sp³-hybridized carbons (Fsp3) is 0.235. The van der Waals surface area contributed by atoms with Crippen molar-refractivity contribution in [1.29, 1.82) is 0 Å². The van der Waals surface area contributed by atoms with Crippen molar-refractivity contribution >= 4 is 17.3 Å². The van der Waals surface area contributed by atoms with Gasteiger partial charge in [0.05, 0.1) is 0 Å². The van der Waals surface area contributed by atoms with E-state index in [-0.39, 0.29) is 5.91 Å². The third kappa shape index (κ3) is 2.67. The van der Waals surface area contributed by atoms with E-state index >= 15 is 0 Å². The summed E-state index contributed by atoms with van der Waals surface area (Å²) in [5.41, 5.74) is 11.3. The zero-order chi connectivity index (χ0) is 14.9. The molecule has 104 valence electrons. The van der Waals surface area contributed by atoms with Gasteiger partial charge in [-0.1, -0.05) is 23.8 Å². The molecular formula is C17H20N2O. The molecule has 0 unspecified atom stereocenters. The highest BCUT2D eigenvalue weighted by molar-refractivity contribution is 6.06. The quantitative estimate of drug-likeness (QED) is 0.848. The van der Waals surface area contributed by atoms with Gasteiger partial charge >= 0.3 is 0 Å². The van der Waals surface area contributed by atoms with Gasteiger partial charge in [-0.2, -0.15) is 0 Å². The van der Waals surface area contributed by atoms with E-state index in [2.05, 4.69) is 6.07 Å². The first-order valence-electron chi connectivity index (χ1n) is 6.61. The van der Waals surface area contributed by atoms with Gasteiger partial charge in [-0.25, -0.2) is 0 Å². The molecule has 0 spiro atoms. The molecule has 0 aromatic heterocycles. The third-order valence-corrected chi connectivity index (χ3v) is 3.54. The lowest BCUT2D eigenvalue weighted by molar-refractivity contribution is 0.0993. The summed E-state index contributed by atoms with van der Waals surface area (Å²) in [4.78, 5) is 14.2. The lowest BCUT2D eigenvalue weighted by atomic mass is 10.1. The van der Waals surface area contributed by atoms with Crippen LogP contribution in [0.5, 0.6) is 0 Å². The van der Waals surface area contributed by atoms with Crippen molar-refractivity contribution in [3.63, 3.8) is 0 Å². The zero-order valence-corrected chi connectivity index (χ0v) is 12.4. The van der Waals surface area contributed by atoms with Gasteiger partial charge < -0.3 is 10.6 Å². The molecule has 0 atom stereocenters. The molecule has 0 saturated heterocycles. The van der Waals surface area contributed by atoms with Crippen molar-refractivity contribution in [1.82, 2.24) is 0 Å². The maximum atomic E-state index is 12.5. The molecule has 3 nitrogen and oxygen atoms in total. The summed E-state index contributed by atoms with van der Waals surface area (Å²) < 4.78 is 0. The number of rotatable bonds is 2. The molecule has 2 N–H and O–H groups in total. The number of benzene rings is 2. The average molecular weight is 268 g/mol. The molecule has 2 aromatic carbocycles. The zero-order valence-electron chi connectivity index (χ0n) is 12.4. The molecule has 3 heteroatoms. The molecule has 1 amide bonds. The van der Waals surface area contributed by atoms with Crippen LogP contribution in [0, 0.1) is 20.8 Å². The molecular weight excluding hydrogens is 248 g/mol. The van der Waals surface area contributed by atoms with E-state index in [1.807, 2.05) is 45.0 Å². The molecule has 0 aliphatic carbocycles. The van der Waals surface area contributed by atoms with Gasteiger partial charge in [-0.3, -0.25) is 4.79 Å². The average Bonchev–Trinajstić information content (AvgIpc) is 2.40. The number of nitrogens with zero attached hydrogens (tertiary/aromatic N) is 1. The van der Waals surface area contributed by atoms with Crippen molar-refractivity contribution in [2.75, 3.05) is 17.7 Å². The number of amides is 1. The Morgan fingerprint density at radius 2 is 1.70 bits per heavy atom. The Kier molecular flexibility index (Phi) is 3.79. The summed E-state index contributed by atoms with van der Waals surface area (Å²) in [7, 11) is 1.79. The number of carbonyl (C=O) groups is 1. The minimum Gasteiger partial charge on any atom is -0.398 e. The van der Waals surface area contributed by atoms with E-state index in [1.165, 1.54) is 5.56 Å². The molecule has 0 radical (unpaired) electrons. The van der Waals surface area contributed by atoms with Crippen molar-refractivity contribution in [3.05, 3.63) is 58.7 Å². The minimum absolute atomic E-state index is 0.0522. The van der Waals surface area contributed by atoms with Crippen LogP contribution in [0.15, 0.2) is 36.4 Å². The first-order valence-corrected chi connectivity index (χ1v) is 6.61. The summed E-state index contributed by atoms with van der Waals surface area (Å²) in [6.07, 6.45) is 0. The predicted octanol–water partition coefficient (Wildman–Crippen LogP) is 3.47. The Labute approximate surface area is 120 Å². The highest BCUT2D eigenvalue weighted by atomic mass is 16.2. The summed E-state index contributed by atoms with van der Waals surface area (Å²) in [5, 5.41) is 0. The van der Waals surface area contributed by atoms with Crippen LogP contribution >= 0.6 is 0 Å². The second-order valence-electron chi connectivity index (χ2n) is 5.23. The molecule has 2 rings (SSSR count). The van der Waals surface area contributed by atoms with Gasteiger partial charge in [-0.15, -0.1) is 0 Å². The van der Waals surface area contributed by atoms with E-state index in [9.17, 15) is 4.79 Å². The Bertz CT molecular complexity index is 662. The Hall–Kier alpha value is -2.29. The van der Waals surface area contributed by atoms with Crippen LogP contribution < -0.4 is 10.6 Å². The minimum atomic E-state index is -0.0522. The molecule has 2 aromatic rings. The summed E-state index contributed by atoms with van der Waals surface area (Å²) in [5.74, 6) is -0.0522. The van der Waals surface area contributed by atoms with Gasteiger partial charge in [0.25, 0.3) is 5.91 Å². The fourth-order valence-electron chi connectivity index (χ4n) is 2.26. The number of hydrogen-bond donors (Lipinski definition) is 1. The van der Waals surface area contributed by atoms with Crippen LogP contribution in [0.4, 0.5) is 11.4 Å². The molecule has 0 aliphatic heterocycles. The van der Waals surface area contributed by atoms with Crippen LogP contribution in [0.25, 0.3) is 0 Å². The van der Waals surface area contributed by atoms with Crippen LogP contribution in [0.1, 0.15) is 27.0 Å². The van der Waals surface area contributed by atoms with Gasteiger partial charge in [0.1, 0.15) is 0 Å². The first kappa shape index (κ1) is 14.1. The SMILES string of the molecule is Cc1ccc(N(C)C(=O)c2ccc(C)c(N)c2)c(C)c1. The highest BCUT2D eigenvalue weighted by Gasteiger charge is 2.15. The fourth-order valence-corrected chi connectivity index (χ4v) is 2.26. The van der Waals surface area contributed by atoms with E-state index in [0.29, 0.717) is 11.3 Å². The number of hydrogen-bond acceptors (Lipinski definition) is 2.